The van der Waals surface area contributed by atoms with E-state index in [0.29, 0.717) is 17.3 Å². The zero-order chi connectivity index (χ0) is 12.2. The molecular formula is C12H25N3O. The molecule has 1 rings (SSSR count). The number of oxime groups is 1. The van der Waals surface area contributed by atoms with E-state index in [9.17, 15) is 0 Å². The number of hydrogen-bond acceptors (Lipinski definition) is 3. The summed E-state index contributed by atoms with van der Waals surface area (Å²) in [5.74, 6) is 0.392. The predicted molar refractivity (Wildman–Crippen MR) is 66.6 cm³/mol. The Morgan fingerprint density at radius 1 is 1.56 bits per heavy atom. The van der Waals surface area contributed by atoms with Crippen LogP contribution in [0.5, 0.6) is 0 Å². The van der Waals surface area contributed by atoms with Crippen LogP contribution in [0, 0.1) is 11.3 Å². The highest BCUT2D eigenvalue weighted by atomic mass is 16.4. The highest BCUT2D eigenvalue weighted by Crippen LogP contribution is 2.35. The van der Waals surface area contributed by atoms with Crippen LogP contribution >= 0.6 is 0 Å². The Morgan fingerprint density at radius 2 is 2.25 bits per heavy atom. The molecule has 0 saturated heterocycles. The molecule has 4 nitrogen and oxygen atoms in total. The fraction of sp³-hybridized carbons (Fsp3) is 0.917. The highest BCUT2D eigenvalue weighted by molar-refractivity contribution is 5.82. The van der Waals surface area contributed by atoms with Crippen LogP contribution in [-0.2, 0) is 0 Å². The SMILES string of the molecule is CC(CNC1CCCCC1(C)C)C(N)=NO. The Hall–Kier alpha value is -0.770. The lowest BCUT2D eigenvalue weighted by Gasteiger charge is -2.39. The fourth-order valence-electron chi connectivity index (χ4n) is 2.39. The van der Waals surface area contributed by atoms with Crippen LogP contribution in [0.4, 0.5) is 0 Å². The molecule has 0 radical (unpaired) electrons. The van der Waals surface area contributed by atoms with Gasteiger partial charge in [0.1, 0.15) is 5.84 Å². The van der Waals surface area contributed by atoms with Crippen molar-refractivity contribution in [2.75, 3.05) is 6.54 Å². The van der Waals surface area contributed by atoms with Gasteiger partial charge in [0.25, 0.3) is 0 Å². The van der Waals surface area contributed by atoms with Crippen LogP contribution < -0.4 is 11.1 Å². The molecule has 94 valence electrons. The Balaban J connectivity index is 2.42. The minimum absolute atomic E-state index is 0.0859. The van der Waals surface area contributed by atoms with E-state index in [4.69, 9.17) is 10.9 Å². The van der Waals surface area contributed by atoms with Gasteiger partial charge in [-0.15, -0.1) is 0 Å². The second-order valence-electron chi connectivity index (χ2n) is 5.62. The maximum atomic E-state index is 8.58. The summed E-state index contributed by atoms with van der Waals surface area (Å²) in [6, 6.07) is 0.551. The first-order valence-electron chi connectivity index (χ1n) is 6.18. The molecule has 1 aliphatic rings. The van der Waals surface area contributed by atoms with Crippen molar-refractivity contribution < 1.29 is 5.21 Å². The molecule has 0 heterocycles. The maximum absolute atomic E-state index is 8.58. The summed E-state index contributed by atoms with van der Waals surface area (Å²) >= 11 is 0. The topological polar surface area (TPSA) is 70.6 Å². The van der Waals surface area contributed by atoms with E-state index in [0.717, 1.165) is 6.54 Å². The molecule has 2 atom stereocenters. The first-order chi connectivity index (χ1) is 7.47. The number of nitrogens with one attached hydrogen (secondary N) is 1. The van der Waals surface area contributed by atoms with Crippen molar-refractivity contribution in [1.82, 2.24) is 5.32 Å². The van der Waals surface area contributed by atoms with Gasteiger partial charge in [-0.05, 0) is 18.3 Å². The van der Waals surface area contributed by atoms with E-state index in [-0.39, 0.29) is 5.92 Å². The summed E-state index contributed by atoms with van der Waals surface area (Å²) in [6.45, 7) is 7.39. The van der Waals surface area contributed by atoms with Crippen LogP contribution in [0.1, 0.15) is 46.5 Å². The summed E-state index contributed by atoms with van der Waals surface area (Å²) < 4.78 is 0. The molecule has 0 aromatic heterocycles. The normalized spacial score (nSPS) is 27.7. The van der Waals surface area contributed by atoms with E-state index in [1.54, 1.807) is 0 Å². The Labute approximate surface area is 98.3 Å². The second-order valence-corrected chi connectivity index (χ2v) is 5.62. The van der Waals surface area contributed by atoms with Gasteiger partial charge < -0.3 is 16.3 Å². The lowest BCUT2D eigenvalue weighted by molar-refractivity contribution is 0.166. The van der Waals surface area contributed by atoms with Gasteiger partial charge in [0, 0.05) is 18.5 Å². The first kappa shape index (κ1) is 13.3. The molecule has 1 aliphatic carbocycles. The molecule has 4 N–H and O–H groups in total. The molecule has 0 spiro atoms. The van der Waals surface area contributed by atoms with Gasteiger partial charge in [-0.1, -0.05) is 38.8 Å². The van der Waals surface area contributed by atoms with E-state index < -0.39 is 0 Å². The summed E-state index contributed by atoms with van der Waals surface area (Å²) in [6.07, 6.45) is 5.15. The fourth-order valence-corrected chi connectivity index (χ4v) is 2.39. The number of nitrogens with zero attached hydrogens (tertiary/aromatic N) is 1. The van der Waals surface area contributed by atoms with Crippen LogP contribution in [0.2, 0.25) is 0 Å². The minimum Gasteiger partial charge on any atom is -0.409 e. The zero-order valence-electron chi connectivity index (χ0n) is 10.7. The van der Waals surface area contributed by atoms with Gasteiger partial charge in [-0.25, -0.2) is 0 Å². The predicted octanol–water partition coefficient (Wildman–Crippen LogP) is 1.93. The number of amidine groups is 1. The number of rotatable bonds is 4. The molecule has 1 fully saturated rings. The number of hydrogen-bond donors (Lipinski definition) is 3. The molecule has 0 bridgehead atoms. The van der Waals surface area contributed by atoms with E-state index in [1.807, 2.05) is 6.92 Å². The van der Waals surface area contributed by atoms with Crippen LogP contribution in [0.25, 0.3) is 0 Å². The van der Waals surface area contributed by atoms with Crippen molar-refractivity contribution in [2.45, 2.75) is 52.5 Å². The van der Waals surface area contributed by atoms with Crippen LogP contribution in [0.15, 0.2) is 5.16 Å². The average molecular weight is 227 g/mol. The molecule has 0 aliphatic heterocycles. The van der Waals surface area contributed by atoms with E-state index in [2.05, 4.69) is 24.3 Å². The number of nitrogens with two attached hydrogens (primary N) is 1. The van der Waals surface area contributed by atoms with Gasteiger partial charge in [0.2, 0.25) is 0 Å². The van der Waals surface area contributed by atoms with Gasteiger partial charge in [0.15, 0.2) is 0 Å². The molecule has 0 aromatic rings. The van der Waals surface area contributed by atoms with Crippen molar-refractivity contribution in [1.29, 1.82) is 0 Å². The zero-order valence-corrected chi connectivity index (χ0v) is 10.7. The van der Waals surface area contributed by atoms with Crippen molar-refractivity contribution in [3.63, 3.8) is 0 Å². The quantitative estimate of drug-likeness (QED) is 0.297. The molecular weight excluding hydrogens is 202 g/mol. The molecule has 0 amide bonds. The molecule has 1 saturated carbocycles. The van der Waals surface area contributed by atoms with Crippen LogP contribution in [0.3, 0.4) is 0 Å². The first-order valence-corrected chi connectivity index (χ1v) is 6.18. The third-order valence-electron chi connectivity index (χ3n) is 3.80. The lowest BCUT2D eigenvalue weighted by Crippen LogP contribution is -2.46. The molecule has 16 heavy (non-hydrogen) atoms. The van der Waals surface area contributed by atoms with Crippen molar-refractivity contribution >= 4 is 5.84 Å². The van der Waals surface area contributed by atoms with Gasteiger partial charge in [-0.3, -0.25) is 0 Å². The third kappa shape index (κ3) is 3.37. The van der Waals surface area contributed by atoms with Crippen LogP contribution in [-0.4, -0.2) is 23.6 Å². The van der Waals surface area contributed by atoms with Gasteiger partial charge in [-0.2, -0.15) is 0 Å². The van der Waals surface area contributed by atoms with E-state index >= 15 is 0 Å². The lowest BCUT2D eigenvalue weighted by atomic mass is 9.73. The van der Waals surface area contributed by atoms with Crippen molar-refractivity contribution in [2.24, 2.45) is 22.2 Å². The minimum atomic E-state index is 0.0859. The largest absolute Gasteiger partial charge is 0.409 e. The third-order valence-corrected chi connectivity index (χ3v) is 3.80. The summed E-state index contributed by atoms with van der Waals surface area (Å²) in [7, 11) is 0. The van der Waals surface area contributed by atoms with Crippen molar-refractivity contribution in [3.05, 3.63) is 0 Å². The summed E-state index contributed by atoms with van der Waals surface area (Å²) in [4.78, 5) is 0. The Bertz CT molecular complexity index is 251. The average Bonchev–Trinajstić information content (AvgIpc) is 2.25. The monoisotopic (exact) mass is 227 g/mol. The highest BCUT2D eigenvalue weighted by Gasteiger charge is 2.31. The molecule has 4 heteroatoms. The van der Waals surface area contributed by atoms with Gasteiger partial charge in [0.05, 0.1) is 0 Å². The van der Waals surface area contributed by atoms with Gasteiger partial charge >= 0.3 is 0 Å². The smallest absolute Gasteiger partial charge is 0.143 e. The second kappa shape index (κ2) is 5.53. The maximum Gasteiger partial charge on any atom is 0.143 e. The summed E-state index contributed by atoms with van der Waals surface area (Å²) in [5.41, 5.74) is 5.92. The Morgan fingerprint density at radius 3 is 2.81 bits per heavy atom. The van der Waals surface area contributed by atoms with Crippen molar-refractivity contribution in [3.8, 4) is 0 Å². The molecule has 0 aromatic carbocycles. The van der Waals surface area contributed by atoms with E-state index in [1.165, 1.54) is 25.7 Å². The standard InChI is InChI=1S/C12H25N3O/c1-9(11(13)15-16)8-14-10-6-4-5-7-12(10,2)3/h9-10,14,16H,4-8H2,1-3H3,(H2,13,15). The Kier molecular flexibility index (Phi) is 4.59. The molecule has 2 unspecified atom stereocenters. The summed E-state index contributed by atoms with van der Waals surface area (Å²) in [5, 5.41) is 15.2.